The Morgan fingerprint density at radius 2 is 0.774 bits per heavy atom. The maximum atomic E-state index is 5.60. The van der Waals surface area contributed by atoms with Crippen molar-refractivity contribution in [2.45, 2.75) is 0 Å². The van der Waals surface area contributed by atoms with Crippen LogP contribution >= 0.6 is 38.6 Å². The molecule has 2 aromatic heterocycles. The van der Waals surface area contributed by atoms with Crippen molar-refractivity contribution >= 4 is 96.0 Å². The van der Waals surface area contributed by atoms with E-state index in [4.69, 9.17) is 5.73 Å². The summed E-state index contributed by atoms with van der Waals surface area (Å²) in [6.07, 6.45) is 0. The third-order valence-electron chi connectivity index (χ3n) is 9.01. The summed E-state index contributed by atoms with van der Waals surface area (Å²) in [4.78, 5) is 0. The van der Waals surface area contributed by atoms with Gasteiger partial charge in [-0.2, -0.15) is 0 Å². The van der Waals surface area contributed by atoms with Gasteiger partial charge >= 0.3 is 0 Å². The van der Waals surface area contributed by atoms with Crippen molar-refractivity contribution < 1.29 is 0 Å². The van der Waals surface area contributed by atoms with Crippen molar-refractivity contribution in [3.63, 3.8) is 0 Å². The molecule has 53 heavy (non-hydrogen) atoms. The minimum atomic E-state index is 0.805. The zero-order chi connectivity index (χ0) is 36.0. The predicted octanol–water partition coefficient (Wildman–Crippen LogP) is 15.2. The number of halogens is 1. The Morgan fingerprint density at radius 1 is 0.358 bits per heavy atom. The normalized spacial score (nSPS) is 10.8. The lowest BCUT2D eigenvalue weighted by molar-refractivity contribution is 1.56. The fourth-order valence-corrected chi connectivity index (χ4v) is 8.89. The monoisotopic (exact) mass is 782 g/mol. The van der Waals surface area contributed by atoms with Gasteiger partial charge in [0.2, 0.25) is 0 Å². The Hall–Kier alpha value is -5.72. The van der Waals surface area contributed by atoms with Gasteiger partial charge in [0.05, 0.1) is 0 Å². The first-order valence-corrected chi connectivity index (χ1v) is 19.8. The molecule has 0 radical (unpaired) electrons. The maximum absolute atomic E-state index is 5.60. The topological polar surface area (TPSA) is 38.0 Å². The summed E-state index contributed by atoms with van der Waals surface area (Å²) >= 11 is 7.21. The second-order valence-corrected chi connectivity index (χ2v) is 15.7. The molecule has 0 fully saturated rings. The summed E-state index contributed by atoms with van der Waals surface area (Å²) in [6.45, 7) is 0. The van der Waals surface area contributed by atoms with E-state index in [1.807, 2.05) is 71.2 Å². The molecule has 2 nitrogen and oxygen atoms in total. The highest BCUT2D eigenvalue weighted by molar-refractivity contribution is 9.10. The number of nitrogen functional groups attached to an aromatic ring is 1. The standard InChI is InChI=1S/C24H17NS.C12H7BrS.C12H11N/c1-2-6-17(7-3-1)18-10-12-19(13-11-18)25-20-14-15-24-22(16-20)21-8-4-5-9-23(21)26-24;13-8-5-6-12-10(7-8)9-3-1-2-4-11(9)14-12;13-12-8-6-11(7-9-12)10-4-2-1-3-5-10/h1-16,25H;1-7H;1-9H,13H2. The molecule has 0 saturated carbocycles. The molecule has 5 heteroatoms. The van der Waals surface area contributed by atoms with Crippen LogP contribution in [0.15, 0.2) is 199 Å². The molecule has 0 aliphatic rings. The highest BCUT2D eigenvalue weighted by Crippen LogP contribution is 2.37. The van der Waals surface area contributed by atoms with Crippen LogP contribution in [-0.4, -0.2) is 0 Å². The number of thiophene rings is 2. The molecule has 0 saturated heterocycles. The van der Waals surface area contributed by atoms with E-state index < -0.39 is 0 Å². The molecule has 0 spiro atoms. The van der Waals surface area contributed by atoms with Crippen LogP contribution < -0.4 is 11.1 Å². The van der Waals surface area contributed by atoms with Crippen LogP contribution in [0, 0.1) is 0 Å². The quantitative estimate of drug-likeness (QED) is 0.175. The summed E-state index contributed by atoms with van der Waals surface area (Å²) in [5, 5.41) is 8.88. The second kappa shape index (κ2) is 15.9. The van der Waals surface area contributed by atoms with Gasteiger partial charge in [-0.25, -0.2) is 0 Å². The first-order chi connectivity index (χ1) is 26.1. The Morgan fingerprint density at radius 3 is 1.34 bits per heavy atom. The largest absolute Gasteiger partial charge is 0.399 e. The van der Waals surface area contributed by atoms with Crippen LogP contribution in [0.4, 0.5) is 17.1 Å². The summed E-state index contributed by atoms with van der Waals surface area (Å²) in [5.74, 6) is 0. The van der Waals surface area contributed by atoms with E-state index in [2.05, 4.69) is 167 Å². The number of fused-ring (bicyclic) bond motifs is 6. The molecular formula is C48H35BrN2S2. The Kier molecular flexibility index (Phi) is 10.3. The Labute approximate surface area is 325 Å². The first-order valence-electron chi connectivity index (χ1n) is 17.4. The average molecular weight is 784 g/mol. The van der Waals surface area contributed by atoms with Gasteiger partial charge in [0.15, 0.2) is 0 Å². The van der Waals surface area contributed by atoms with Crippen LogP contribution in [0.5, 0.6) is 0 Å². The van der Waals surface area contributed by atoms with Crippen molar-refractivity contribution in [1.29, 1.82) is 0 Å². The van der Waals surface area contributed by atoms with Gasteiger partial charge in [-0.3, -0.25) is 0 Å². The predicted molar refractivity (Wildman–Crippen MR) is 238 cm³/mol. The van der Waals surface area contributed by atoms with Gasteiger partial charge in [0.25, 0.3) is 0 Å². The van der Waals surface area contributed by atoms with E-state index in [0.717, 1.165) is 21.5 Å². The van der Waals surface area contributed by atoms with Gasteiger partial charge < -0.3 is 11.1 Å². The number of benzene rings is 8. The van der Waals surface area contributed by atoms with Gasteiger partial charge in [-0.1, -0.05) is 137 Å². The average Bonchev–Trinajstić information content (AvgIpc) is 3.77. The van der Waals surface area contributed by atoms with Crippen LogP contribution in [0.3, 0.4) is 0 Å². The molecule has 2 heterocycles. The number of nitrogens with one attached hydrogen (secondary N) is 1. The zero-order valence-electron chi connectivity index (χ0n) is 28.7. The number of hydrogen-bond acceptors (Lipinski definition) is 4. The molecule has 0 amide bonds. The van der Waals surface area contributed by atoms with E-state index >= 15 is 0 Å². The lowest BCUT2D eigenvalue weighted by atomic mass is 10.1. The third kappa shape index (κ3) is 8.03. The van der Waals surface area contributed by atoms with Crippen molar-refractivity contribution in [2.75, 3.05) is 11.1 Å². The smallest absolute Gasteiger partial charge is 0.0391 e. The van der Waals surface area contributed by atoms with Gasteiger partial charge in [-0.15, -0.1) is 22.7 Å². The summed E-state index contributed by atoms with van der Waals surface area (Å²) < 4.78 is 6.53. The van der Waals surface area contributed by atoms with Crippen molar-refractivity contribution in [3.8, 4) is 22.3 Å². The summed E-state index contributed by atoms with van der Waals surface area (Å²) in [5.41, 5.74) is 13.5. The van der Waals surface area contributed by atoms with E-state index in [0.29, 0.717) is 0 Å². The molecule has 10 rings (SSSR count). The van der Waals surface area contributed by atoms with Crippen molar-refractivity contribution in [3.05, 3.63) is 199 Å². The number of anilines is 3. The maximum Gasteiger partial charge on any atom is 0.0391 e. The van der Waals surface area contributed by atoms with Crippen LogP contribution in [0.1, 0.15) is 0 Å². The highest BCUT2D eigenvalue weighted by atomic mass is 79.9. The molecule has 8 aromatic carbocycles. The van der Waals surface area contributed by atoms with Crippen molar-refractivity contribution in [2.24, 2.45) is 0 Å². The minimum absolute atomic E-state index is 0.805. The van der Waals surface area contributed by atoms with E-state index in [-0.39, 0.29) is 0 Å². The Balaban J connectivity index is 0.000000125. The lowest BCUT2D eigenvalue weighted by Gasteiger charge is -2.08. The zero-order valence-corrected chi connectivity index (χ0v) is 32.0. The fourth-order valence-electron chi connectivity index (χ4n) is 6.35. The molecule has 0 atom stereocenters. The molecule has 0 aliphatic carbocycles. The Bertz CT molecular complexity index is 2750. The van der Waals surface area contributed by atoms with Crippen LogP contribution in [0.25, 0.3) is 62.6 Å². The molecule has 3 N–H and O–H groups in total. The van der Waals surface area contributed by atoms with Crippen molar-refractivity contribution in [1.82, 2.24) is 0 Å². The molecular weight excluding hydrogens is 749 g/mol. The van der Waals surface area contributed by atoms with Gasteiger partial charge in [-0.05, 0) is 95.1 Å². The van der Waals surface area contributed by atoms with Crippen LogP contribution in [0.2, 0.25) is 0 Å². The lowest BCUT2D eigenvalue weighted by Crippen LogP contribution is -1.89. The first kappa shape index (κ1) is 34.4. The fraction of sp³-hybridized carbons (Fsp3) is 0. The molecule has 0 aliphatic heterocycles. The van der Waals surface area contributed by atoms with Crippen LogP contribution in [-0.2, 0) is 0 Å². The summed E-state index contributed by atoms with van der Waals surface area (Å²) in [7, 11) is 0. The van der Waals surface area contributed by atoms with Gasteiger partial charge in [0, 0.05) is 61.9 Å². The molecule has 10 aromatic rings. The molecule has 256 valence electrons. The number of rotatable bonds is 4. The second-order valence-electron chi connectivity index (χ2n) is 12.6. The molecule has 0 bridgehead atoms. The number of hydrogen-bond donors (Lipinski definition) is 2. The van der Waals surface area contributed by atoms with E-state index in [1.165, 1.54) is 62.6 Å². The highest BCUT2D eigenvalue weighted by Gasteiger charge is 2.06. The minimum Gasteiger partial charge on any atom is -0.399 e. The van der Waals surface area contributed by atoms with E-state index in [9.17, 15) is 0 Å². The molecule has 0 unspecified atom stereocenters. The SMILES string of the molecule is Brc1ccc2sc3ccccc3c2c1.Nc1ccc(-c2ccccc2)cc1.c1ccc(-c2ccc(Nc3ccc4sc5ccccc5c4c3)cc2)cc1. The summed E-state index contributed by atoms with van der Waals surface area (Å²) in [6, 6.07) is 67.4. The number of nitrogens with two attached hydrogens (primary N) is 1. The van der Waals surface area contributed by atoms with Gasteiger partial charge in [0.1, 0.15) is 0 Å². The van der Waals surface area contributed by atoms with E-state index in [1.54, 1.807) is 0 Å². The third-order valence-corrected chi connectivity index (χ3v) is 11.8.